The van der Waals surface area contributed by atoms with Gasteiger partial charge in [0.1, 0.15) is 32.7 Å². The van der Waals surface area contributed by atoms with E-state index in [1.807, 2.05) is 6.92 Å². The summed E-state index contributed by atoms with van der Waals surface area (Å²) in [5, 5.41) is 2.98. The lowest BCUT2D eigenvalue weighted by Crippen LogP contribution is -3.29. The fraction of sp³-hybridized carbons (Fsp3) is 0.364. The van der Waals surface area contributed by atoms with E-state index < -0.39 is 0 Å². The zero-order chi connectivity index (χ0) is 19.2. The van der Waals surface area contributed by atoms with Crippen molar-refractivity contribution in [3.8, 4) is 0 Å². The maximum atomic E-state index is 12.6. The molecule has 5 heteroatoms. The zero-order valence-corrected chi connectivity index (χ0v) is 16.1. The predicted molar refractivity (Wildman–Crippen MR) is 106 cm³/mol. The van der Waals surface area contributed by atoms with E-state index in [9.17, 15) is 9.59 Å². The molecular weight excluding hydrogens is 338 g/mol. The first-order valence-electron chi connectivity index (χ1n) is 9.67. The monoisotopic (exact) mass is 367 g/mol. The van der Waals surface area contributed by atoms with Crippen LogP contribution in [0.4, 0.5) is 5.69 Å². The molecule has 0 aromatic heterocycles. The molecule has 0 radical (unpaired) electrons. The van der Waals surface area contributed by atoms with E-state index in [0.717, 1.165) is 38.4 Å². The lowest BCUT2D eigenvalue weighted by Gasteiger charge is -2.32. The number of hydrogen-bond donors (Lipinski definition) is 3. The number of amides is 1. The summed E-state index contributed by atoms with van der Waals surface area (Å²) in [7, 11) is 0. The molecule has 27 heavy (non-hydrogen) atoms. The fourth-order valence-corrected chi connectivity index (χ4v) is 3.64. The molecule has 1 amide bonds. The lowest BCUT2D eigenvalue weighted by atomic mass is 10.1. The number of hydrogen-bond acceptors (Lipinski definition) is 2. The van der Waals surface area contributed by atoms with Crippen molar-refractivity contribution in [2.24, 2.45) is 0 Å². The molecule has 3 rings (SSSR count). The normalized spacial score (nSPS) is 20.7. The molecule has 0 saturated carbocycles. The number of piperazine rings is 1. The average Bonchev–Trinajstić information content (AvgIpc) is 2.69. The number of carbonyl (C=O) groups is 2. The van der Waals surface area contributed by atoms with Gasteiger partial charge in [-0.1, -0.05) is 30.3 Å². The molecule has 1 fully saturated rings. The quantitative estimate of drug-likeness (QED) is 0.639. The van der Waals surface area contributed by atoms with E-state index in [1.54, 1.807) is 36.1 Å². The largest absolute Gasteiger partial charge is 0.322 e. The van der Waals surface area contributed by atoms with E-state index in [4.69, 9.17) is 0 Å². The molecular formula is C22H29N3O2+2. The molecule has 0 spiro atoms. The van der Waals surface area contributed by atoms with E-state index in [2.05, 4.69) is 35.6 Å². The molecule has 1 aliphatic rings. The number of benzene rings is 2. The molecule has 1 saturated heterocycles. The van der Waals surface area contributed by atoms with Gasteiger partial charge in [0.2, 0.25) is 0 Å². The molecule has 1 atom stereocenters. The number of rotatable bonds is 6. The van der Waals surface area contributed by atoms with Gasteiger partial charge in [0, 0.05) is 16.8 Å². The summed E-state index contributed by atoms with van der Waals surface area (Å²) < 4.78 is 0. The summed E-state index contributed by atoms with van der Waals surface area (Å²) in [6.07, 6.45) is 0. The van der Waals surface area contributed by atoms with Crippen molar-refractivity contribution < 1.29 is 19.4 Å². The molecule has 0 aliphatic carbocycles. The number of carbonyl (C=O) groups excluding carboxylic acids is 2. The Hall–Kier alpha value is -2.50. The Kier molecular flexibility index (Phi) is 6.37. The van der Waals surface area contributed by atoms with Crippen LogP contribution < -0.4 is 15.1 Å². The molecule has 3 N–H and O–H groups in total. The number of quaternary nitrogens is 2. The second-order valence-electron chi connectivity index (χ2n) is 7.42. The van der Waals surface area contributed by atoms with E-state index in [0.29, 0.717) is 5.56 Å². The lowest BCUT2D eigenvalue weighted by molar-refractivity contribution is -1.02. The SMILES string of the molecule is CC(=O)c1ccc(NC(=O)[C@H](C)[NH+]2CC[NH+](Cc3ccccc3)CC2)cc1. The number of ketones is 1. The highest BCUT2D eigenvalue weighted by Crippen LogP contribution is 2.10. The van der Waals surface area contributed by atoms with Crippen molar-refractivity contribution in [3.63, 3.8) is 0 Å². The highest BCUT2D eigenvalue weighted by atomic mass is 16.2. The molecule has 2 aromatic rings. The summed E-state index contributed by atoms with van der Waals surface area (Å²) in [6.45, 7) is 8.75. The van der Waals surface area contributed by atoms with Gasteiger partial charge in [-0.3, -0.25) is 9.59 Å². The minimum absolute atomic E-state index is 0.0292. The van der Waals surface area contributed by atoms with Crippen molar-refractivity contribution >= 4 is 17.4 Å². The maximum Gasteiger partial charge on any atom is 0.282 e. The van der Waals surface area contributed by atoms with Gasteiger partial charge in [-0.15, -0.1) is 0 Å². The Bertz CT molecular complexity index is 766. The Labute approximate surface area is 161 Å². The van der Waals surface area contributed by atoms with Crippen LogP contribution in [0.2, 0.25) is 0 Å². The highest BCUT2D eigenvalue weighted by molar-refractivity contribution is 5.96. The molecule has 0 bridgehead atoms. The molecule has 0 unspecified atom stereocenters. The van der Waals surface area contributed by atoms with Crippen LogP contribution in [0.3, 0.4) is 0 Å². The van der Waals surface area contributed by atoms with Gasteiger partial charge in [-0.2, -0.15) is 0 Å². The Morgan fingerprint density at radius 1 is 0.963 bits per heavy atom. The second-order valence-corrected chi connectivity index (χ2v) is 7.42. The molecule has 1 heterocycles. The Balaban J connectivity index is 1.48. The predicted octanol–water partition coefficient (Wildman–Crippen LogP) is 0.200. The molecule has 2 aromatic carbocycles. The standard InChI is InChI=1S/C22H27N3O2/c1-17(22(27)23-21-10-8-20(9-11-21)18(2)26)25-14-12-24(13-15-25)16-19-6-4-3-5-7-19/h3-11,17H,12-16H2,1-2H3,(H,23,27)/p+2/t17-/m0/s1. The van der Waals surface area contributed by atoms with Gasteiger partial charge >= 0.3 is 0 Å². The highest BCUT2D eigenvalue weighted by Gasteiger charge is 2.31. The van der Waals surface area contributed by atoms with Crippen LogP contribution in [0, 0.1) is 0 Å². The Morgan fingerprint density at radius 2 is 1.59 bits per heavy atom. The molecule has 1 aliphatic heterocycles. The van der Waals surface area contributed by atoms with Crippen LogP contribution in [-0.2, 0) is 11.3 Å². The summed E-state index contributed by atoms with van der Waals surface area (Å²) in [4.78, 5) is 26.9. The number of Topliss-reactive ketones (excluding diaryl/α,β-unsaturated/α-hetero) is 1. The van der Waals surface area contributed by atoms with Crippen LogP contribution >= 0.6 is 0 Å². The fourth-order valence-electron chi connectivity index (χ4n) is 3.64. The number of nitrogens with one attached hydrogen (secondary N) is 3. The summed E-state index contributed by atoms with van der Waals surface area (Å²) in [6, 6.07) is 17.6. The van der Waals surface area contributed by atoms with E-state index in [1.165, 1.54) is 10.5 Å². The van der Waals surface area contributed by atoms with Crippen LogP contribution in [0.1, 0.15) is 29.8 Å². The van der Waals surface area contributed by atoms with Crippen LogP contribution in [0.25, 0.3) is 0 Å². The van der Waals surface area contributed by atoms with Crippen molar-refractivity contribution in [1.82, 2.24) is 0 Å². The van der Waals surface area contributed by atoms with Gasteiger partial charge in [0.25, 0.3) is 5.91 Å². The van der Waals surface area contributed by atoms with Crippen molar-refractivity contribution in [3.05, 3.63) is 65.7 Å². The third-order valence-corrected chi connectivity index (χ3v) is 5.46. The smallest absolute Gasteiger partial charge is 0.282 e. The first kappa shape index (κ1) is 19.3. The first-order chi connectivity index (χ1) is 13.0. The third-order valence-electron chi connectivity index (χ3n) is 5.46. The van der Waals surface area contributed by atoms with Crippen LogP contribution in [0.5, 0.6) is 0 Å². The zero-order valence-electron chi connectivity index (χ0n) is 16.1. The molecule has 142 valence electrons. The summed E-state index contributed by atoms with van der Waals surface area (Å²) in [5.74, 6) is 0.0636. The van der Waals surface area contributed by atoms with Gasteiger partial charge < -0.3 is 15.1 Å². The van der Waals surface area contributed by atoms with Gasteiger partial charge in [0.15, 0.2) is 11.8 Å². The summed E-state index contributed by atoms with van der Waals surface area (Å²) >= 11 is 0. The summed E-state index contributed by atoms with van der Waals surface area (Å²) in [5.41, 5.74) is 2.77. The van der Waals surface area contributed by atoms with Gasteiger partial charge in [-0.05, 0) is 38.1 Å². The average molecular weight is 367 g/mol. The van der Waals surface area contributed by atoms with E-state index >= 15 is 0 Å². The topological polar surface area (TPSA) is 55.0 Å². The van der Waals surface area contributed by atoms with Crippen molar-refractivity contribution in [2.75, 3.05) is 31.5 Å². The van der Waals surface area contributed by atoms with Crippen molar-refractivity contribution in [2.45, 2.75) is 26.4 Å². The van der Waals surface area contributed by atoms with Gasteiger partial charge in [0.05, 0.1) is 0 Å². The first-order valence-corrected chi connectivity index (χ1v) is 9.67. The Morgan fingerprint density at radius 3 is 2.19 bits per heavy atom. The van der Waals surface area contributed by atoms with Crippen molar-refractivity contribution in [1.29, 1.82) is 0 Å². The van der Waals surface area contributed by atoms with Crippen LogP contribution in [0.15, 0.2) is 54.6 Å². The van der Waals surface area contributed by atoms with Crippen LogP contribution in [-0.4, -0.2) is 43.9 Å². The molecule has 5 nitrogen and oxygen atoms in total. The van der Waals surface area contributed by atoms with Gasteiger partial charge in [-0.25, -0.2) is 0 Å². The second kappa shape index (κ2) is 8.93. The minimum Gasteiger partial charge on any atom is -0.322 e. The van der Waals surface area contributed by atoms with E-state index in [-0.39, 0.29) is 17.7 Å². The number of anilines is 1. The maximum absolute atomic E-state index is 12.6. The minimum atomic E-state index is -0.0873. The third kappa shape index (κ3) is 5.25.